The Morgan fingerprint density at radius 3 is 2.23 bits per heavy atom. The zero-order valence-corrected chi connectivity index (χ0v) is 14.5. The lowest BCUT2D eigenvalue weighted by Crippen LogP contribution is -2.23. The van der Waals surface area contributed by atoms with Crippen LogP contribution in [0.15, 0.2) is 48.5 Å². The number of nitro benzene ring substituents is 1. The number of hydrogen-bond donors (Lipinski definition) is 1. The highest BCUT2D eigenvalue weighted by molar-refractivity contribution is 5.92. The average molecular weight is 357 g/mol. The summed E-state index contributed by atoms with van der Waals surface area (Å²) in [6, 6.07) is 12.4. The normalized spacial score (nSPS) is 10.1. The van der Waals surface area contributed by atoms with Gasteiger partial charge in [0.1, 0.15) is 5.75 Å². The summed E-state index contributed by atoms with van der Waals surface area (Å²) in [7, 11) is 3.39. The molecule has 2 rings (SSSR count). The predicted octanol–water partition coefficient (Wildman–Crippen LogP) is 2.24. The number of non-ortho nitro benzene ring substituents is 1. The van der Waals surface area contributed by atoms with Crippen molar-refractivity contribution in [1.29, 1.82) is 0 Å². The largest absolute Gasteiger partial charge is 0.484 e. The van der Waals surface area contributed by atoms with Crippen molar-refractivity contribution in [2.45, 2.75) is 6.42 Å². The number of amides is 2. The molecule has 0 saturated heterocycles. The van der Waals surface area contributed by atoms with Gasteiger partial charge >= 0.3 is 0 Å². The van der Waals surface area contributed by atoms with Gasteiger partial charge in [0.15, 0.2) is 6.61 Å². The molecule has 0 unspecified atom stereocenters. The fourth-order valence-electron chi connectivity index (χ4n) is 2.05. The van der Waals surface area contributed by atoms with Crippen molar-refractivity contribution in [3.05, 3.63) is 64.2 Å². The number of nitrogens with one attached hydrogen (secondary N) is 1. The van der Waals surface area contributed by atoms with Crippen LogP contribution in [-0.4, -0.2) is 42.3 Å². The molecule has 0 aliphatic heterocycles. The lowest BCUT2D eigenvalue weighted by Gasteiger charge is -2.11. The summed E-state index contributed by atoms with van der Waals surface area (Å²) < 4.78 is 5.29. The Kier molecular flexibility index (Phi) is 6.26. The van der Waals surface area contributed by atoms with Crippen LogP contribution in [0, 0.1) is 10.1 Å². The molecule has 2 aromatic carbocycles. The first-order valence-electron chi connectivity index (χ1n) is 7.81. The molecule has 0 atom stereocenters. The zero-order chi connectivity index (χ0) is 19.1. The molecule has 0 aliphatic carbocycles. The van der Waals surface area contributed by atoms with Crippen LogP contribution in [0.5, 0.6) is 5.75 Å². The monoisotopic (exact) mass is 357 g/mol. The Bertz CT molecular complexity index is 785. The van der Waals surface area contributed by atoms with E-state index in [4.69, 9.17) is 4.74 Å². The maximum absolute atomic E-state index is 11.9. The quantitative estimate of drug-likeness (QED) is 0.605. The minimum Gasteiger partial charge on any atom is -0.484 e. The van der Waals surface area contributed by atoms with E-state index in [9.17, 15) is 19.7 Å². The van der Waals surface area contributed by atoms with Crippen molar-refractivity contribution >= 4 is 23.2 Å². The minimum absolute atomic E-state index is 0.00159. The number of anilines is 1. The van der Waals surface area contributed by atoms with Gasteiger partial charge in [-0.25, -0.2) is 0 Å². The number of nitro groups is 1. The van der Waals surface area contributed by atoms with Crippen LogP contribution in [0.3, 0.4) is 0 Å². The maximum atomic E-state index is 11.9. The van der Waals surface area contributed by atoms with E-state index in [1.165, 1.54) is 29.2 Å². The van der Waals surface area contributed by atoms with Crippen molar-refractivity contribution < 1.29 is 19.2 Å². The Morgan fingerprint density at radius 1 is 1.08 bits per heavy atom. The van der Waals surface area contributed by atoms with Crippen molar-refractivity contribution in [1.82, 2.24) is 4.90 Å². The van der Waals surface area contributed by atoms with Gasteiger partial charge in [-0.2, -0.15) is 0 Å². The van der Waals surface area contributed by atoms with Crippen molar-refractivity contribution in [3.63, 3.8) is 0 Å². The van der Waals surface area contributed by atoms with E-state index in [1.807, 2.05) is 0 Å². The Labute approximate surface area is 150 Å². The van der Waals surface area contributed by atoms with Gasteiger partial charge in [-0.05, 0) is 29.8 Å². The number of rotatable bonds is 7. The average Bonchev–Trinajstić information content (AvgIpc) is 2.62. The number of nitrogens with zero attached hydrogens (tertiary/aromatic N) is 2. The molecule has 0 saturated carbocycles. The van der Waals surface area contributed by atoms with Crippen LogP contribution in [0.25, 0.3) is 0 Å². The summed E-state index contributed by atoms with van der Waals surface area (Å²) in [4.78, 5) is 35.2. The molecule has 1 N–H and O–H groups in total. The van der Waals surface area contributed by atoms with E-state index in [0.29, 0.717) is 17.9 Å². The molecule has 136 valence electrons. The lowest BCUT2D eigenvalue weighted by molar-refractivity contribution is -0.384. The van der Waals surface area contributed by atoms with Crippen LogP contribution in [0.2, 0.25) is 0 Å². The van der Waals surface area contributed by atoms with Gasteiger partial charge in [-0.15, -0.1) is 0 Å². The molecule has 0 heterocycles. The number of benzene rings is 2. The van der Waals surface area contributed by atoms with Gasteiger partial charge in [0.2, 0.25) is 5.91 Å². The number of hydrogen-bond acceptors (Lipinski definition) is 5. The van der Waals surface area contributed by atoms with Crippen LogP contribution in [-0.2, 0) is 16.0 Å². The standard InChI is InChI=1S/C18H19N3O5/c1-20(2)18(23)11-13-3-5-14(6-4-13)19-17(22)12-26-16-9-7-15(8-10-16)21(24)25/h3-10H,11-12H2,1-2H3,(H,19,22). The third-order valence-electron chi connectivity index (χ3n) is 3.51. The second-order valence-electron chi connectivity index (χ2n) is 5.75. The molecular formula is C18H19N3O5. The predicted molar refractivity (Wildman–Crippen MR) is 96.1 cm³/mol. The molecule has 0 aliphatic rings. The summed E-state index contributed by atoms with van der Waals surface area (Å²) in [6.07, 6.45) is 0.296. The van der Waals surface area contributed by atoms with E-state index >= 15 is 0 Å². The van der Waals surface area contributed by atoms with E-state index in [0.717, 1.165) is 5.56 Å². The first-order valence-corrected chi connectivity index (χ1v) is 7.81. The maximum Gasteiger partial charge on any atom is 0.269 e. The van der Waals surface area contributed by atoms with Crippen LogP contribution in [0.4, 0.5) is 11.4 Å². The summed E-state index contributed by atoms with van der Waals surface area (Å²) in [5, 5.41) is 13.3. The van der Waals surface area contributed by atoms with Crippen LogP contribution < -0.4 is 10.1 Å². The summed E-state index contributed by atoms with van der Waals surface area (Å²) >= 11 is 0. The fraction of sp³-hybridized carbons (Fsp3) is 0.222. The molecule has 0 radical (unpaired) electrons. The number of likely N-dealkylation sites (N-methyl/N-ethyl adjacent to an activating group) is 1. The third kappa shape index (κ3) is 5.59. The molecule has 8 heteroatoms. The van der Waals surface area contributed by atoms with Gasteiger partial charge in [0, 0.05) is 31.9 Å². The first kappa shape index (κ1) is 18.9. The van der Waals surface area contributed by atoms with E-state index in [2.05, 4.69) is 5.32 Å². The SMILES string of the molecule is CN(C)C(=O)Cc1ccc(NC(=O)COc2ccc([N+](=O)[O-])cc2)cc1. The molecule has 2 amide bonds. The molecule has 26 heavy (non-hydrogen) atoms. The molecule has 0 fully saturated rings. The van der Waals surface area contributed by atoms with Gasteiger partial charge in [0.25, 0.3) is 11.6 Å². The number of carbonyl (C=O) groups excluding carboxylic acids is 2. The van der Waals surface area contributed by atoms with Crippen molar-refractivity contribution in [3.8, 4) is 5.75 Å². The van der Waals surface area contributed by atoms with Gasteiger partial charge in [-0.1, -0.05) is 12.1 Å². The van der Waals surface area contributed by atoms with Crippen LogP contribution >= 0.6 is 0 Å². The molecule has 8 nitrogen and oxygen atoms in total. The summed E-state index contributed by atoms with van der Waals surface area (Å²) in [5.74, 6) is 0.00190. The molecular weight excluding hydrogens is 338 g/mol. The third-order valence-corrected chi connectivity index (χ3v) is 3.51. The highest BCUT2D eigenvalue weighted by Crippen LogP contribution is 2.17. The first-order chi connectivity index (χ1) is 12.3. The smallest absolute Gasteiger partial charge is 0.269 e. The Hall–Kier alpha value is -3.42. The number of ether oxygens (including phenoxy) is 1. The van der Waals surface area contributed by atoms with E-state index < -0.39 is 4.92 Å². The molecule has 0 bridgehead atoms. The fourth-order valence-corrected chi connectivity index (χ4v) is 2.05. The second kappa shape index (κ2) is 8.61. The van der Waals surface area contributed by atoms with Gasteiger partial charge in [-0.3, -0.25) is 19.7 Å². The highest BCUT2D eigenvalue weighted by Gasteiger charge is 2.08. The Balaban J connectivity index is 1.83. The summed E-state index contributed by atoms with van der Waals surface area (Å²) in [6.45, 7) is -0.224. The van der Waals surface area contributed by atoms with E-state index in [-0.39, 0.29) is 24.1 Å². The van der Waals surface area contributed by atoms with Gasteiger partial charge in [0.05, 0.1) is 11.3 Å². The molecule has 0 spiro atoms. The van der Waals surface area contributed by atoms with Crippen molar-refractivity contribution in [2.24, 2.45) is 0 Å². The van der Waals surface area contributed by atoms with Crippen LogP contribution in [0.1, 0.15) is 5.56 Å². The summed E-state index contributed by atoms with van der Waals surface area (Å²) in [5.41, 5.74) is 1.39. The van der Waals surface area contributed by atoms with Crippen molar-refractivity contribution in [2.75, 3.05) is 26.0 Å². The van der Waals surface area contributed by atoms with Gasteiger partial charge < -0.3 is 15.0 Å². The lowest BCUT2D eigenvalue weighted by atomic mass is 10.1. The number of carbonyl (C=O) groups is 2. The zero-order valence-electron chi connectivity index (χ0n) is 14.5. The molecule has 0 aromatic heterocycles. The van der Waals surface area contributed by atoms with E-state index in [1.54, 1.807) is 38.4 Å². The topological polar surface area (TPSA) is 102 Å². The molecule has 2 aromatic rings. The highest BCUT2D eigenvalue weighted by atomic mass is 16.6. The Morgan fingerprint density at radius 2 is 1.69 bits per heavy atom. The minimum atomic E-state index is -0.508. The second-order valence-corrected chi connectivity index (χ2v) is 5.75.